The van der Waals surface area contributed by atoms with Crippen LogP contribution in [0.15, 0.2) is 29.4 Å². The summed E-state index contributed by atoms with van der Waals surface area (Å²) in [6.07, 6.45) is 2.20. The van der Waals surface area contributed by atoms with Gasteiger partial charge in [0.15, 0.2) is 12.7 Å². The van der Waals surface area contributed by atoms with Crippen molar-refractivity contribution in [1.82, 2.24) is 0 Å². The van der Waals surface area contributed by atoms with Crippen LogP contribution >= 0.6 is 11.8 Å². The molecule has 0 spiro atoms. The van der Waals surface area contributed by atoms with Gasteiger partial charge in [0, 0.05) is 12.1 Å². The van der Waals surface area contributed by atoms with Crippen LogP contribution in [0.4, 0.5) is 0 Å². The van der Waals surface area contributed by atoms with E-state index >= 15 is 0 Å². The molecule has 0 aliphatic carbocycles. The normalized spacial score (nSPS) is 20.1. The average molecular weight is 246 g/mol. The van der Waals surface area contributed by atoms with Gasteiger partial charge in [0.2, 0.25) is 5.03 Å². The maximum absolute atomic E-state index is 2.46. The van der Waals surface area contributed by atoms with Crippen molar-refractivity contribution in [3.05, 3.63) is 24.4 Å². The zero-order chi connectivity index (χ0) is 9.47. The molecule has 1 unspecified atom stereocenters. The topological polar surface area (TPSA) is 3.88 Å². The van der Waals surface area contributed by atoms with Gasteiger partial charge in [-0.25, -0.2) is 0 Å². The van der Waals surface area contributed by atoms with E-state index in [2.05, 4.69) is 60.4 Å². The van der Waals surface area contributed by atoms with E-state index in [4.69, 9.17) is 0 Å². The Morgan fingerprint density at radius 3 is 2.64 bits per heavy atom. The minimum absolute atomic E-state index is 0. The molecule has 2 heterocycles. The molecular formula is C10H16ClNSSi. The van der Waals surface area contributed by atoms with E-state index in [9.17, 15) is 0 Å². The molecule has 1 atom stereocenters. The Morgan fingerprint density at radius 2 is 2.07 bits per heavy atom. The van der Waals surface area contributed by atoms with Crippen molar-refractivity contribution < 1.29 is 17.0 Å². The Bertz CT molecular complexity index is 299. The lowest BCUT2D eigenvalue weighted by Gasteiger charge is -2.19. The Kier molecular flexibility index (Phi) is 3.67. The molecule has 0 amide bonds. The van der Waals surface area contributed by atoms with Crippen molar-refractivity contribution in [3.8, 4) is 0 Å². The van der Waals surface area contributed by atoms with Gasteiger partial charge in [-0.2, -0.15) is 4.57 Å². The summed E-state index contributed by atoms with van der Waals surface area (Å²) in [5, 5.41) is 1.44. The number of hydrogen-bond donors (Lipinski definition) is 0. The third kappa shape index (κ3) is 2.33. The van der Waals surface area contributed by atoms with Gasteiger partial charge in [0.1, 0.15) is 0 Å². The molecule has 14 heavy (non-hydrogen) atoms. The fourth-order valence-electron chi connectivity index (χ4n) is 1.53. The van der Waals surface area contributed by atoms with Gasteiger partial charge in [0.05, 0.1) is 12.9 Å². The van der Waals surface area contributed by atoms with Crippen LogP contribution in [0.3, 0.4) is 0 Å². The second kappa shape index (κ2) is 4.25. The van der Waals surface area contributed by atoms with Crippen LogP contribution in [0.1, 0.15) is 0 Å². The third-order valence-corrected chi connectivity index (χ3v) is 8.13. The molecule has 2 rings (SSSR count). The van der Waals surface area contributed by atoms with Gasteiger partial charge in [-0.3, -0.25) is 0 Å². The number of pyridine rings is 1. The van der Waals surface area contributed by atoms with E-state index in [1.54, 1.807) is 0 Å². The summed E-state index contributed by atoms with van der Waals surface area (Å²) >= 11 is 2.07. The molecule has 1 aliphatic rings. The van der Waals surface area contributed by atoms with Crippen molar-refractivity contribution in [3.63, 3.8) is 0 Å². The van der Waals surface area contributed by atoms with E-state index in [-0.39, 0.29) is 12.4 Å². The number of rotatable bonds is 1. The molecule has 4 heteroatoms. The van der Waals surface area contributed by atoms with Crippen LogP contribution in [-0.4, -0.2) is 12.9 Å². The van der Waals surface area contributed by atoms with Crippen LogP contribution in [0.25, 0.3) is 0 Å². The third-order valence-electron chi connectivity index (χ3n) is 2.49. The molecule has 1 nitrogen and oxygen atoms in total. The number of thioether (sulfide) groups is 1. The van der Waals surface area contributed by atoms with Gasteiger partial charge >= 0.3 is 0 Å². The maximum Gasteiger partial charge on any atom is 0.240 e. The lowest BCUT2D eigenvalue weighted by atomic mass is 10.5. The Hall–Kier alpha value is 0.00688. The molecule has 0 radical (unpaired) electrons. The molecule has 0 fully saturated rings. The minimum Gasteiger partial charge on any atom is -1.00 e. The summed E-state index contributed by atoms with van der Waals surface area (Å²) in [6, 6.07) is 6.48. The van der Waals surface area contributed by atoms with Gasteiger partial charge < -0.3 is 12.4 Å². The number of fused-ring (bicyclic) bond motifs is 1. The van der Waals surface area contributed by atoms with Gasteiger partial charge in [-0.1, -0.05) is 31.4 Å². The predicted molar refractivity (Wildman–Crippen MR) is 59.6 cm³/mol. The van der Waals surface area contributed by atoms with Crippen LogP contribution in [0.2, 0.25) is 19.6 Å². The number of nitrogens with zero attached hydrogens (tertiary/aromatic N) is 1. The maximum atomic E-state index is 2.46. The van der Waals surface area contributed by atoms with Crippen LogP contribution in [0.5, 0.6) is 0 Å². The first kappa shape index (κ1) is 12.1. The molecule has 1 aromatic rings. The van der Waals surface area contributed by atoms with Crippen molar-refractivity contribution in [1.29, 1.82) is 0 Å². The molecular weight excluding hydrogens is 230 g/mol. The first-order valence-electron chi connectivity index (χ1n) is 4.72. The molecule has 0 N–H and O–H groups in total. The molecule has 0 saturated carbocycles. The zero-order valence-electron chi connectivity index (χ0n) is 8.83. The van der Waals surface area contributed by atoms with Gasteiger partial charge in [-0.15, -0.1) is 0 Å². The van der Waals surface area contributed by atoms with E-state index < -0.39 is 8.07 Å². The number of halogens is 1. The molecule has 0 saturated heterocycles. The minimum atomic E-state index is -0.980. The van der Waals surface area contributed by atoms with E-state index in [0.29, 0.717) is 0 Å². The highest BCUT2D eigenvalue weighted by molar-refractivity contribution is 8.01. The Balaban J connectivity index is 0.000000980. The number of hydrogen-bond acceptors (Lipinski definition) is 1. The highest BCUT2D eigenvalue weighted by Crippen LogP contribution is 2.32. The Labute approximate surface area is 97.3 Å². The highest BCUT2D eigenvalue weighted by atomic mass is 35.5. The first-order chi connectivity index (χ1) is 6.07. The molecule has 1 aromatic heterocycles. The zero-order valence-corrected chi connectivity index (χ0v) is 11.4. The Morgan fingerprint density at radius 1 is 1.36 bits per heavy atom. The number of aromatic nitrogens is 1. The van der Waals surface area contributed by atoms with E-state index in [0.717, 1.165) is 4.87 Å². The summed E-state index contributed by atoms with van der Waals surface area (Å²) < 4.78 is 2.38. The first-order valence-corrected chi connectivity index (χ1v) is 9.18. The van der Waals surface area contributed by atoms with E-state index in [1.165, 1.54) is 11.6 Å². The molecule has 1 aliphatic heterocycles. The summed E-state index contributed by atoms with van der Waals surface area (Å²) in [5.41, 5.74) is 0. The summed E-state index contributed by atoms with van der Waals surface area (Å²) in [4.78, 5) is 0.856. The van der Waals surface area contributed by atoms with Crippen molar-refractivity contribution >= 4 is 19.8 Å². The lowest BCUT2D eigenvalue weighted by Crippen LogP contribution is -3.00. The fraction of sp³-hybridized carbons (Fsp3) is 0.500. The second-order valence-corrected chi connectivity index (χ2v) is 11.7. The summed E-state index contributed by atoms with van der Waals surface area (Å²) in [5.74, 6) is 0. The second-order valence-electron chi connectivity index (χ2n) is 4.66. The predicted octanol–water partition coefficient (Wildman–Crippen LogP) is -0.670. The summed E-state index contributed by atoms with van der Waals surface area (Å²) in [6.45, 7) is 8.59. The molecule has 78 valence electrons. The monoisotopic (exact) mass is 245 g/mol. The molecule has 0 bridgehead atoms. The van der Waals surface area contributed by atoms with Crippen LogP contribution in [-0.2, 0) is 6.54 Å². The highest BCUT2D eigenvalue weighted by Gasteiger charge is 2.38. The van der Waals surface area contributed by atoms with Crippen molar-refractivity contribution in [2.75, 3.05) is 0 Å². The molecule has 0 aromatic carbocycles. The van der Waals surface area contributed by atoms with Gasteiger partial charge in [0.25, 0.3) is 0 Å². The lowest BCUT2D eigenvalue weighted by molar-refractivity contribution is -0.724. The average Bonchev–Trinajstić information content (AvgIpc) is 2.45. The smallest absolute Gasteiger partial charge is 0.240 e. The van der Waals surface area contributed by atoms with Gasteiger partial charge in [-0.05, 0) is 6.07 Å². The largest absolute Gasteiger partial charge is 1.00 e. The fourth-order valence-corrected chi connectivity index (χ4v) is 5.01. The summed E-state index contributed by atoms with van der Waals surface area (Å²) in [7, 11) is -0.980. The van der Waals surface area contributed by atoms with Crippen molar-refractivity contribution in [2.45, 2.75) is 36.1 Å². The SMILES string of the molecule is C[Si](C)(C)C1C[n+]2ccccc2S1.[Cl-]. The standard InChI is InChI=1S/C10H16NSSi.ClH/c1-13(2,3)10-8-11-7-5-4-6-9(11)12-10;/h4-7,10H,8H2,1-3H3;1H/q+1;/p-1. The van der Waals surface area contributed by atoms with Crippen LogP contribution < -0.4 is 17.0 Å². The van der Waals surface area contributed by atoms with Crippen LogP contribution in [0, 0.1) is 0 Å². The van der Waals surface area contributed by atoms with Crippen molar-refractivity contribution in [2.24, 2.45) is 0 Å². The van der Waals surface area contributed by atoms with E-state index in [1.807, 2.05) is 0 Å². The quantitative estimate of drug-likeness (QED) is 0.469.